The van der Waals surface area contributed by atoms with E-state index in [0.29, 0.717) is 36.8 Å². The SMILES string of the molecule is C[C@]12CCC(OC(=O)N3CCCC(O)C3)CC1CC[C@@H]1[C@H]2CC[C@]2(C)C(C(=O)O)CC[C@@H]12. The van der Waals surface area contributed by atoms with Gasteiger partial charge in [0.2, 0.25) is 0 Å². The monoisotopic (exact) mass is 447 g/mol. The molecule has 0 aromatic heterocycles. The number of aliphatic hydroxyl groups is 1. The second kappa shape index (κ2) is 8.18. The Hall–Kier alpha value is -1.30. The summed E-state index contributed by atoms with van der Waals surface area (Å²) in [5.41, 5.74) is 0.262. The Bertz CT molecular complexity index is 756. The van der Waals surface area contributed by atoms with Crippen LogP contribution < -0.4 is 0 Å². The number of fused-ring (bicyclic) bond motifs is 5. The van der Waals surface area contributed by atoms with E-state index in [1.54, 1.807) is 4.90 Å². The number of carboxylic acid groups (broad SMARTS) is 1. The van der Waals surface area contributed by atoms with Gasteiger partial charge in [0.25, 0.3) is 0 Å². The Kier molecular flexibility index (Phi) is 5.75. The summed E-state index contributed by atoms with van der Waals surface area (Å²) in [5, 5.41) is 19.7. The Morgan fingerprint density at radius 1 is 0.938 bits per heavy atom. The Labute approximate surface area is 192 Å². The molecule has 2 N–H and O–H groups in total. The standard InChI is InChI=1S/C26H41NO5/c1-25-11-9-18(32-24(31)27-13-3-4-17(28)15-27)14-16(25)5-6-19-20-7-8-22(23(29)30)26(20,2)12-10-21(19)25/h16-22,28H,3-15H2,1-2H3,(H,29,30)/t16?,17?,18?,19-,20-,21+,22?,25-,26-/m0/s1. The summed E-state index contributed by atoms with van der Waals surface area (Å²) < 4.78 is 5.95. The van der Waals surface area contributed by atoms with Crippen molar-refractivity contribution in [3.8, 4) is 0 Å². The van der Waals surface area contributed by atoms with Gasteiger partial charge in [0.15, 0.2) is 0 Å². The Morgan fingerprint density at radius 2 is 1.69 bits per heavy atom. The van der Waals surface area contributed by atoms with Crippen LogP contribution in [0.5, 0.6) is 0 Å². The number of hydrogen-bond donors (Lipinski definition) is 2. The Balaban J connectivity index is 1.24. The van der Waals surface area contributed by atoms with Crippen LogP contribution in [0.1, 0.15) is 84.5 Å². The molecule has 0 radical (unpaired) electrons. The highest BCUT2D eigenvalue weighted by atomic mass is 16.6. The van der Waals surface area contributed by atoms with Crippen LogP contribution in [0, 0.1) is 40.4 Å². The summed E-state index contributed by atoms with van der Waals surface area (Å²) in [6.07, 6.45) is 10.4. The highest BCUT2D eigenvalue weighted by Gasteiger charge is 2.61. The van der Waals surface area contributed by atoms with Crippen LogP contribution in [0.15, 0.2) is 0 Å². The second-order valence-corrected chi connectivity index (χ2v) is 12.2. The lowest BCUT2D eigenvalue weighted by molar-refractivity contribution is -0.154. The zero-order valence-electron chi connectivity index (χ0n) is 19.8. The highest BCUT2D eigenvalue weighted by molar-refractivity contribution is 5.71. The van der Waals surface area contributed by atoms with E-state index >= 15 is 0 Å². The maximum atomic E-state index is 12.7. The van der Waals surface area contributed by atoms with Crippen LogP contribution in [0.4, 0.5) is 4.79 Å². The first-order valence-electron chi connectivity index (χ1n) is 13.1. The van der Waals surface area contributed by atoms with Gasteiger partial charge in [-0.15, -0.1) is 0 Å². The van der Waals surface area contributed by atoms with E-state index in [1.807, 2.05) is 0 Å². The van der Waals surface area contributed by atoms with Crippen molar-refractivity contribution in [3.63, 3.8) is 0 Å². The Morgan fingerprint density at radius 3 is 2.44 bits per heavy atom. The summed E-state index contributed by atoms with van der Waals surface area (Å²) in [4.78, 5) is 26.3. The number of β-amino-alcohol motifs (C(OH)–C–C–N with tert-alkyl or cyclic N) is 1. The molecule has 4 unspecified atom stereocenters. The van der Waals surface area contributed by atoms with E-state index < -0.39 is 12.1 Å². The summed E-state index contributed by atoms with van der Waals surface area (Å²) in [5.74, 6) is 1.73. The molecule has 0 aromatic carbocycles. The number of hydrogen-bond acceptors (Lipinski definition) is 4. The smallest absolute Gasteiger partial charge is 0.410 e. The fourth-order valence-electron chi connectivity index (χ4n) is 9.07. The highest BCUT2D eigenvalue weighted by Crippen LogP contribution is 2.67. The van der Waals surface area contributed by atoms with Crippen LogP contribution in [0.3, 0.4) is 0 Å². The molecule has 6 nitrogen and oxygen atoms in total. The van der Waals surface area contributed by atoms with Crippen molar-refractivity contribution in [1.82, 2.24) is 4.90 Å². The molecule has 32 heavy (non-hydrogen) atoms. The maximum absolute atomic E-state index is 12.7. The second-order valence-electron chi connectivity index (χ2n) is 12.2. The number of carboxylic acids is 1. The van der Waals surface area contributed by atoms with Gasteiger partial charge in [-0.2, -0.15) is 0 Å². The predicted octanol–water partition coefficient (Wildman–Crippen LogP) is 4.69. The van der Waals surface area contributed by atoms with Crippen LogP contribution >= 0.6 is 0 Å². The van der Waals surface area contributed by atoms with Crippen LogP contribution in [0.25, 0.3) is 0 Å². The molecule has 4 saturated carbocycles. The first-order valence-corrected chi connectivity index (χ1v) is 13.1. The third-order valence-electron chi connectivity index (χ3n) is 10.8. The van der Waals surface area contributed by atoms with E-state index in [4.69, 9.17) is 4.74 Å². The van der Waals surface area contributed by atoms with Crippen molar-refractivity contribution in [2.45, 2.75) is 96.7 Å². The van der Waals surface area contributed by atoms with E-state index in [2.05, 4.69) is 13.8 Å². The lowest BCUT2D eigenvalue weighted by Crippen LogP contribution is -2.54. The number of nitrogens with zero attached hydrogens (tertiary/aromatic N) is 1. The molecule has 1 amide bonds. The minimum atomic E-state index is -0.586. The van der Waals surface area contributed by atoms with Gasteiger partial charge in [-0.3, -0.25) is 4.79 Å². The molecular weight excluding hydrogens is 406 g/mol. The fraction of sp³-hybridized carbons (Fsp3) is 0.923. The van der Waals surface area contributed by atoms with Crippen molar-refractivity contribution in [1.29, 1.82) is 0 Å². The molecule has 9 atom stereocenters. The number of aliphatic carboxylic acids is 1. The first kappa shape index (κ1) is 22.5. The summed E-state index contributed by atoms with van der Waals surface area (Å²) in [6, 6.07) is 0. The van der Waals surface area contributed by atoms with E-state index in [9.17, 15) is 19.8 Å². The fourth-order valence-corrected chi connectivity index (χ4v) is 9.07. The normalized spacial score (nSPS) is 48.3. The molecule has 5 aliphatic rings. The maximum Gasteiger partial charge on any atom is 0.410 e. The molecule has 1 saturated heterocycles. The topological polar surface area (TPSA) is 87.1 Å². The number of amides is 1. The number of carbonyl (C=O) groups is 2. The van der Waals surface area contributed by atoms with Gasteiger partial charge in [0.1, 0.15) is 6.10 Å². The van der Waals surface area contributed by atoms with Gasteiger partial charge in [0.05, 0.1) is 12.0 Å². The van der Waals surface area contributed by atoms with Crippen molar-refractivity contribution < 1.29 is 24.5 Å². The quantitative estimate of drug-likeness (QED) is 0.641. The average Bonchev–Trinajstić information content (AvgIpc) is 3.11. The van der Waals surface area contributed by atoms with Crippen molar-refractivity contribution >= 4 is 12.1 Å². The van der Waals surface area contributed by atoms with Gasteiger partial charge < -0.3 is 19.8 Å². The van der Waals surface area contributed by atoms with Crippen molar-refractivity contribution in [2.24, 2.45) is 40.4 Å². The van der Waals surface area contributed by atoms with Gasteiger partial charge in [-0.25, -0.2) is 4.79 Å². The first-order chi connectivity index (χ1) is 15.2. The van der Waals surface area contributed by atoms with E-state index in [1.165, 1.54) is 12.8 Å². The van der Waals surface area contributed by atoms with Gasteiger partial charge in [0, 0.05) is 13.1 Å². The summed E-state index contributed by atoms with van der Waals surface area (Å²) >= 11 is 0. The third-order valence-corrected chi connectivity index (χ3v) is 10.8. The average molecular weight is 448 g/mol. The molecule has 180 valence electrons. The molecule has 5 fully saturated rings. The summed E-state index contributed by atoms with van der Waals surface area (Å²) in [7, 11) is 0. The van der Waals surface area contributed by atoms with E-state index in [0.717, 1.165) is 57.8 Å². The molecule has 1 aliphatic heterocycles. The van der Waals surface area contributed by atoms with E-state index in [-0.39, 0.29) is 28.9 Å². The predicted molar refractivity (Wildman–Crippen MR) is 120 cm³/mol. The molecular formula is C26H41NO5. The van der Waals surface area contributed by atoms with Gasteiger partial charge in [-0.05, 0) is 105 Å². The van der Waals surface area contributed by atoms with Gasteiger partial charge >= 0.3 is 12.1 Å². The third kappa shape index (κ3) is 3.56. The van der Waals surface area contributed by atoms with Crippen molar-refractivity contribution in [2.75, 3.05) is 13.1 Å². The molecule has 0 aromatic rings. The number of likely N-dealkylation sites (tertiary alicyclic amines) is 1. The lowest BCUT2D eigenvalue weighted by Gasteiger charge is -2.60. The molecule has 0 spiro atoms. The summed E-state index contributed by atoms with van der Waals surface area (Å²) in [6.45, 7) is 5.83. The number of carbonyl (C=O) groups excluding carboxylic acids is 1. The number of rotatable bonds is 2. The molecule has 6 heteroatoms. The van der Waals surface area contributed by atoms with Crippen LogP contribution in [-0.4, -0.2) is 52.5 Å². The largest absolute Gasteiger partial charge is 0.481 e. The van der Waals surface area contributed by atoms with Crippen LogP contribution in [0.2, 0.25) is 0 Å². The molecule has 0 bridgehead atoms. The molecule has 4 aliphatic carbocycles. The van der Waals surface area contributed by atoms with Crippen molar-refractivity contribution in [3.05, 3.63) is 0 Å². The minimum absolute atomic E-state index is 0.00655. The number of aliphatic hydroxyl groups excluding tert-OH is 1. The van der Waals surface area contributed by atoms with Crippen LogP contribution in [-0.2, 0) is 9.53 Å². The number of piperidine rings is 1. The molecule has 1 heterocycles. The zero-order chi connectivity index (χ0) is 22.7. The number of ether oxygens (including phenoxy) is 1. The zero-order valence-corrected chi connectivity index (χ0v) is 19.8. The lowest BCUT2D eigenvalue weighted by atomic mass is 9.44. The molecule has 5 rings (SSSR count). The van der Waals surface area contributed by atoms with Gasteiger partial charge in [-0.1, -0.05) is 13.8 Å². The minimum Gasteiger partial charge on any atom is -0.481 e.